The van der Waals surface area contributed by atoms with Crippen LogP contribution in [0.1, 0.15) is 34.1 Å². The zero-order chi connectivity index (χ0) is 15.9. The molecule has 0 saturated carbocycles. The summed E-state index contributed by atoms with van der Waals surface area (Å²) in [5, 5.41) is 8.87. The Labute approximate surface area is 125 Å². The van der Waals surface area contributed by atoms with Crippen molar-refractivity contribution in [3.8, 4) is 6.01 Å². The topological polar surface area (TPSA) is 101 Å². The molecule has 0 unspecified atom stereocenters. The molecule has 3 N–H and O–H groups in total. The zero-order valence-electron chi connectivity index (χ0n) is 13.3. The van der Waals surface area contributed by atoms with Crippen molar-refractivity contribution in [2.45, 2.75) is 39.7 Å². The molecule has 8 nitrogen and oxygen atoms in total. The first kappa shape index (κ1) is 16.9. The van der Waals surface area contributed by atoms with Gasteiger partial charge in [-0.2, -0.15) is 15.0 Å². The van der Waals surface area contributed by atoms with Crippen molar-refractivity contribution in [1.29, 1.82) is 0 Å². The van der Waals surface area contributed by atoms with E-state index in [2.05, 4.69) is 30.9 Å². The third-order valence-corrected chi connectivity index (χ3v) is 2.28. The Morgan fingerprint density at radius 1 is 1.14 bits per heavy atom. The number of rotatable bonds is 7. The highest BCUT2D eigenvalue weighted by Gasteiger charge is 2.13. The number of hydrogen-bond acceptors (Lipinski definition) is 7. The first-order valence-corrected chi connectivity index (χ1v) is 6.93. The van der Waals surface area contributed by atoms with Crippen molar-refractivity contribution < 1.29 is 9.53 Å². The molecule has 0 saturated heterocycles. The molecule has 1 heterocycles. The Morgan fingerprint density at radius 3 is 2.29 bits per heavy atom. The maximum Gasteiger partial charge on any atom is 0.322 e. The molecule has 0 aliphatic carbocycles. The Balaban J connectivity index is 2.54. The molecule has 1 aromatic rings. The highest BCUT2D eigenvalue weighted by Crippen LogP contribution is 2.10. The second-order valence-electron chi connectivity index (χ2n) is 5.47. The van der Waals surface area contributed by atoms with Gasteiger partial charge in [0.1, 0.15) is 0 Å². The summed E-state index contributed by atoms with van der Waals surface area (Å²) in [6.45, 7) is 8.90. The van der Waals surface area contributed by atoms with E-state index in [0.29, 0.717) is 31.4 Å². The predicted octanol–water partition coefficient (Wildman–Crippen LogP) is 1.03. The molecule has 1 aromatic heterocycles. The van der Waals surface area contributed by atoms with Crippen molar-refractivity contribution in [2.24, 2.45) is 0 Å². The second-order valence-corrected chi connectivity index (χ2v) is 5.47. The third-order valence-electron chi connectivity index (χ3n) is 2.28. The van der Waals surface area contributed by atoms with E-state index in [4.69, 9.17) is 4.74 Å². The normalized spacial score (nSPS) is 10.9. The van der Waals surface area contributed by atoms with Gasteiger partial charge in [0.05, 0.1) is 7.11 Å². The number of carbonyl (C=O) groups is 1. The lowest BCUT2D eigenvalue weighted by molar-refractivity contribution is -0.122. The molecule has 0 aliphatic heterocycles. The molecular weight excluding hydrogens is 272 g/mol. The van der Waals surface area contributed by atoms with Crippen LogP contribution in [0.2, 0.25) is 0 Å². The van der Waals surface area contributed by atoms with Crippen LogP contribution in [0.25, 0.3) is 0 Å². The standard InChI is InChI=1S/C13H24N6O2/c1-6-14-10-16-11(18-12(17-10)21-5)15-8-7-9(20)19-13(2,3)4/h6-8H2,1-5H3,(H,19,20)(H2,14,15,16,17,18). The second kappa shape index (κ2) is 7.61. The molecular formula is C13H24N6O2. The summed E-state index contributed by atoms with van der Waals surface area (Å²) in [6, 6.07) is 0.225. The van der Waals surface area contributed by atoms with Crippen LogP contribution in [0.15, 0.2) is 0 Å². The lowest BCUT2D eigenvalue weighted by Crippen LogP contribution is -2.41. The van der Waals surface area contributed by atoms with Crippen molar-refractivity contribution in [2.75, 3.05) is 30.8 Å². The lowest BCUT2D eigenvalue weighted by atomic mass is 10.1. The average molecular weight is 296 g/mol. The van der Waals surface area contributed by atoms with E-state index in [1.165, 1.54) is 7.11 Å². The van der Waals surface area contributed by atoms with Gasteiger partial charge in [0.25, 0.3) is 0 Å². The van der Waals surface area contributed by atoms with Crippen LogP contribution in [-0.4, -0.2) is 46.6 Å². The minimum atomic E-state index is -0.230. The maximum atomic E-state index is 11.7. The first-order chi connectivity index (χ1) is 9.84. The van der Waals surface area contributed by atoms with E-state index >= 15 is 0 Å². The van der Waals surface area contributed by atoms with Crippen molar-refractivity contribution in [3.63, 3.8) is 0 Å². The minimum absolute atomic E-state index is 0.0251. The molecule has 0 spiro atoms. The number of nitrogens with zero attached hydrogens (tertiary/aromatic N) is 3. The summed E-state index contributed by atoms with van der Waals surface area (Å²) in [6.07, 6.45) is 0.335. The van der Waals surface area contributed by atoms with Gasteiger partial charge in [-0.25, -0.2) is 0 Å². The largest absolute Gasteiger partial charge is 0.467 e. The summed E-state index contributed by atoms with van der Waals surface area (Å²) in [4.78, 5) is 24.0. The van der Waals surface area contributed by atoms with Gasteiger partial charge in [0.15, 0.2) is 0 Å². The Bertz CT molecular complexity index is 472. The van der Waals surface area contributed by atoms with Crippen LogP contribution in [0.3, 0.4) is 0 Å². The number of ether oxygens (including phenoxy) is 1. The van der Waals surface area contributed by atoms with E-state index in [1.807, 2.05) is 27.7 Å². The fourth-order valence-electron chi connectivity index (χ4n) is 1.53. The molecule has 0 aromatic carbocycles. The molecule has 1 rings (SSSR count). The van der Waals surface area contributed by atoms with E-state index in [0.717, 1.165) is 0 Å². The summed E-state index contributed by atoms with van der Waals surface area (Å²) in [7, 11) is 1.49. The number of anilines is 2. The van der Waals surface area contributed by atoms with Crippen LogP contribution in [-0.2, 0) is 4.79 Å². The molecule has 8 heteroatoms. The maximum absolute atomic E-state index is 11.7. The van der Waals surface area contributed by atoms with Crippen LogP contribution in [0.5, 0.6) is 6.01 Å². The van der Waals surface area contributed by atoms with Crippen LogP contribution in [0.4, 0.5) is 11.9 Å². The van der Waals surface area contributed by atoms with Gasteiger partial charge >= 0.3 is 6.01 Å². The number of carbonyl (C=O) groups excluding carboxylic acids is 1. The Morgan fingerprint density at radius 2 is 1.76 bits per heavy atom. The van der Waals surface area contributed by atoms with Gasteiger partial charge in [-0.3, -0.25) is 4.79 Å². The predicted molar refractivity (Wildman–Crippen MR) is 81.5 cm³/mol. The van der Waals surface area contributed by atoms with Crippen molar-refractivity contribution in [1.82, 2.24) is 20.3 Å². The van der Waals surface area contributed by atoms with E-state index in [-0.39, 0.29) is 17.5 Å². The zero-order valence-corrected chi connectivity index (χ0v) is 13.3. The molecule has 0 fully saturated rings. The minimum Gasteiger partial charge on any atom is -0.467 e. The SMILES string of the molecule is CCNc1nc(NCCC(=O)NC(C)(C)C)nc(OC)n1. The highest BCUT2D eigenvalue weighted by molar-refractivity contribution is 5.77. The fraction of sp³-hybridized carbons (Fsp3) is 0.692. The Hall–Kier alpha value is -2.12. The number of hydrogen-bond donors (Lipinski definition) is 3. The van der Waals surface area contributed by atoms with Crippen LogP contribution >= 0.6 is 0 Å². The van der Waals surface area contributed by atoms with Crippen LogP contribution in [0, 0.1) is 0 Å². The van der Waals surface area contributed by atoms with E-state index < -0.39 is 0 Å². The third kappa shape index (κ3) is 6.73. The highest BCUT2D eigenvalue weighted by atomic mass is 16.5. The number of amides is 1. The molecule has 0 radical (unpaired) electrons. The fourth-order valence-corrected chi connectivity index (χ4v) is 1.53. The van der Waals surface area contributed by atoms with E-state index in [1.54, 1.807) is 0 Å². The molecule has 1 amide bonds. The molecule has 0 atom stereocenters. The number of nitrogens with one attached hydrogen (secondary N) is 3. The van der Waals surface area contributed by atoms with E-state index in [9.17, 15) is 4.79 Å². The number of methoxy groups -OCH3 is 1. The quantitative estimate of drug-likeness (QED) is 0.690. The van der Waals surface area contributed by atoms with Gasteiger partial charge in [-0.05, 0) is 27.7 Å². The smallest absolute Gasteiger partial charge is 0.322 e. The van der Waals surface area contributed by atoms with Crippen LogP contribution < -0.4 is 20.7 Å². The molecule has 21 heavy (non-hydrogen) atoms. The molecule has 0 aliphatic rings. The first-order valence-electron chi connectivity index (χ1n) is 6.93. The summed E-state index contributed by atoms with van der Waals surface area (Å²) < 4.78 is 5.01. The summed E-state index contributed by atoms with van der Waals surface area (Å²) >= 11 is 0. The summed E-state index contributed by atoms with van der Waals surface area (Å²) in [5.41, 5.74) is -0.230. The van der Waals surface area contributed by atoms with Crippen molar-refractivity contribution >= 4 is 17.8 Å². The lowest BCUT2D eigenvalue weighted by Gasteiger charge is -2.20. The van der Waals surface area contributed by atoms with Gasteiger partial charge in [-0.15, -0.1) is 0 Å². The van der Waals surface area contributed by atoms with Gasteiger partial charge in [-0.1, -0.05) is 0 Å². The van der Waals surface area contributed by atoms with Gasteiger partial charge < -0.3 is 20.7 Å². The molecule has 118 valence electrons. The number of aromatic nitrogens is 3. The summed E-state index contributed by atoms with van der Waals surface area (Å²) in [5.74, 6) is 0.787. The van der Waals surface area contributed by atoms with Gasteiger partial charge in [0, 0.05) is 25.0 Å². The van der Waals surface area contributed by atoms with Gasteiger partial charge in [0.2, 0.25) is 17.8 Å². The average Bonchev–Trinajstić information content (AvgIpc) is 2.36. The molecule has 0 bridgehead atoms. The monoisotopic (exact) mass is 296 g/mol. The van der Waals surface area contributed by atoms with Crippen molar-refractivity contribution in [3.05, 3.63) is 0 Å². The Kier molecular flexibility index (Phi) is 6.13.